The molecule has 1 aromatic heterocycles. The molecule has 3 aromatic rings. The molecule has 0 aliphatic heterocycles. The number of aromatic amines is 1. The number of benzene rings is 2. The quantitative estimate of drug-likeness (QED) is 0.655. The summed E-state index contributed by atoms with van der Waals surface area (Å²) in [6, 6.07) is 10.8. The first-order valence-electron chi connectivity index (χ1n) is 7.14. The normalized spacial score (nSPS) is 11.9. The van der Waals surface area contributed by atoms with Gasteiger partial charge in [-0.15, -0.1) is 0 Å². The molecule has 23 heavy (non-hydrogen) atoms. The number of aromatic nitrogens is 1. The van der Waals surface area contributed by atoms with Crippen molar-refractivity contribution in [3.05, 3.63) is 59.3 Å². The van der Waals surface area contributed by atoms with Gasteiger partial charge in [0.15, 0.2) is 0 Å². The van der Waals surface area contributed by atoms with Gasteiger partial charge in [0.25, 0.3) is 0 Å². The van der Waals surface area contributed by atoms with Crippen LogP contribution in [0.15, 0.2) is 42.5 Å². The third kappa shape index (κ3) is 3.03. The van der Waals surface area contributed by atoms with Crippen molar-refractivity contribution in [3.8, 4) is 0 Å². The lowest BCUT2D eigenvalue weighted by atomic mass is 10.1. The number of nitrogens with two attached hydrogens (primary N) is 1. The third-order valence-electron chi connectivity index (χ3n) is 3.73. The smallest absolute Gasteiger partial charge is 0.358 e. The molecular formula is C17H16F3N3. The van der Waals surface area contributed by atoms with E-state index in [1.54, 1.807) is 0 Å². The van der Waals surface area contributed by atoms with Crippen LogP contribution in [0.5, 0.6) is 0 Å². The Labute approximate surface area is 131 Å². The zero-order valence-electron chi connectivity index (χ0n) is 12.5. The third-order valence-corrected chi connectivity index (χ3v) is 3.73. The van der Waals surface area contributed by atoms with Crippen molar-refractivity contribution in [2.75, 3.05) is 5.32 Å². The van der Waals surface area contributed by atoms with Crippen LogP contribution in [0.25, 0.3) is 10.9 Å². The summed E-state index contributed by atoms with van der Waals surface area (Å²) in [6.07, 6.45) is -4.33. The van der Waals surface area contributed by atoms with E-state index < -0.39 is 11.7 Å². The van der Waals surface area contributed by atoms with Crippen molar-refractivity contribution in [1.29, 1.82) is 0 Å². The van der Waals surface area contributed by atoms with Crippen molar-refractivity contribution >= 4 is 22.3 Å². The van der Waals surface area contributed by atoms with Crippen LogP contribution in [0.1, 0.15) is 16.8 Å². The number of hydrogen-bond donors (Lipinski definition) is 3. The van der Waals surface area contributed by atoms with Crippen LogP contribution in [0.2, 0.25) is 0 Å². The predicted octanol–water partition coefficient (Wildman–Crippen LogP) is 4.70. The van der Waals surface area contributed by atoms with E-state index in [9.17, 15) is 13.2 Å². The largest absolute Gasteiger partial charge is 0.416 e. The summed E-state index contributed by atoms with van der Waals surface area (Å²) in [5, 5.41) is 4.13. The van der Waals surface area contributed by atoms with Gasteiger partial charge in [-0.1, -0.05) is 6.07 Å². The van der Waals surface area contributed by atoms with E-state index >= 15 is 0 Å². The molecule has 0 aliphatic carbocycles. The van der Waals surface area contributed by atoms with Gasteiger partial charge in [-0.25, -0.2) is 0 Å². The molecule has 1 heterocycles. The molecule has 0 fully saturated rings. The molecule has 4 N–H and O–H groups in total. The highest BCUT2D eigenvalue weighted by Crippen LogP contribution is 2.32. The SMILES string of the molecule is Cc1cc2c(Nc3ccc(C(F)(F)F)cc3)ccc(CN)c2[nH]1. The first kappa shape index (κ1) is 15.4. The minimum Gasteiger partial charge on any atom is -0.358 e. The Bertz CT molecular complexity index is 833. The van der Waals surface area contributed by atoms with Crippen molar-refractivity contribution in [1.82, 2.24) is 4.98 Å². The van der Waals surface area contributed by atoms with Gasteiger partial charge in [0.05, 0.1) is 11.1 Å². The second kappa shape index (κ2) is 5.62. The van der Waals surface area contributed by atoms with Gasteiger partial charge in [0.2, 0.25) is 0 Å². The number of hydrogen-bond acceptors (Lipinski definition) is 2. The second-order valence-electron chi connectivity index (χ2n) is 5.42. The summed E-state index contributed by atoms with van der Waals surface area (Å²) in [7, 11) is 0. The zero-order chi connectivity index (χ0) is 16.6. The monoisotopic (exact) mass is 319 g/mol. The number of nitrogens with one attached hydrogen (secondary N) is 2. The predicted molar refractivity (Wildman–Crippen MR) is 85.7 cm³/mol. The lowest BCUT2D eigenvalue weighted by Crippen LogP contribution is -2.04. The van der Waals surface area contributed by atoms with Crippen molar-refractivity contribution in [2.45, 2.75) is 19.6 Å². The number of aryl methyl sites for hydroxylation is 1. The minimum atomic E-state index is -4.33. The fourth-order valence-electron chi connectivity index (χ4n) is 2.59. The number of anilines is 2. The Morgan fingerprint density at radius 3 is 2.39 bits per heavy atom. The van der Waals surface area contributed by atoms with Crippen molar-refractivity contribution in [2.24, 2.45) is 5.73 Å². The van der Waals surface area contributed by atoms with E-state index in [1.807, 2.05) is 25.1 Å². The standard InChI is InChI=1S/C17H16F3N3/c1-10-8-14-15(7-2-11(9-21)16(14)22-10)23-13-5-3-12(4-6-13)17(18,19)20/h2-8,22-23H,9,21H2,1H3. The van der Waals surface area contributed by atoms with Crippen LogP contribution in [0, 0.1) is 6.92 Å². The first-order valence-corrected chi connectivity index (χ1v) is 7.14. The zero-order valence-corrected chi connectivity index (χ0v) is 12.5. The van der Waals surface area contributed by atoms with Crippen molar-refractivity contribution < 1.29 is 13.2 Å². The molecule has 3 nitrogen and oxygen atoms in total. The van der Waals surface area contributed by atoms with Gasteiger partial charge in [0, 0.05) is 29.0 Å². The van der Waals surface area contributed by atoms with Crippen LogP contribution in [-0.2, 0) is 12.7 Å². The maximum Gasteiger partial charge on any atom is 0.416 e. The Morgan fingerprint density at radius 1 is 1.09 bits per heavy atom. The Hall–Kier alpha value is -2.47. The number of alkyl halides is 3. The molecule has 0 saturated carbocycles. The summed E-state index contributed by atoms with van der Waals surface area (Å²) in [4.78, 5) is 3.26. The molecule has 3 rings (SSSR count). The summed E-state index contributed by atoms with van der Waals surface area (Å²) in [6.45, 7) is 2.36. The van der Waals surface area contributed by atoms with E-state index in [-0.39, 0.29) is 0 Å². The number of halogens is 3. The molecule has 0 aliphatic rings. The highest BCUT2D eigenvalue weighted by molar-refractivity contribution is 5.96. The van der Waals surface area contributed by atoms with Crippen LogP contribution in [0.4, 0.5) is 24.5 Å². The van der Waals surface area contributed by atoms with Gasteiger partial charge in [-0.05, 0) is 48.9 Å². The van der Waals surface area contributed by atoms with Crippen LogP contribution in [-0.4, -0.2) is 4.98 Å². The maximum atomic E-state index is 12.6. The van der Waals surface area contributed by atoms with Gasteiger partial charge < -0.3 is 16.0 Å². The molecule has 0 saturated heterocycles. The Morgan fingerprint density at radius 2 is 1.78 bits per heavy atom. The van der Waals surface area contributed by atoms with Gasteiger partial charge >= 0.3 is 6.18 Å². The van der Waals surface area contributed by atoms with E-state index in [2.05, 4.69) is 10.3 Å². The number of fused-ring (bicyclic) bond motifs is 1. The molecule has 2 aromatic carbocycles. The average molecular weight is 319 g/mol. The number of rotatable bonds is 3. The first-order chi connectivity index (χ1) is 10.9. The lowest BCUT2D eigenvalue weighted by molar-refractivity contribution is -0.137. The Balaban J connectivity index is 1.96. The van der Waals surface area contributed by atoms with E-state index in [4.69, 9.17) is 5.73 Å². The molecule has 0 spiro atoms. The van der Waals surface area contributed by atoms with Crippen LogP contribution >= 0.6 is 0 Å². The highest BCUT2D eigenvalue weighted by atomic mass is 19.4. The summed E-state index contributed by atoms with van der Waals surface area (Å²) in [5.41, 5.74) is 9.43. The second-order valence-corrected chi connectivity index (χ2v) is 5.42. The lowest BCUT2D eigenvalue weighted by Gasteiger charge is -2.11. The molecule has 0 radical (unpaired) electrons. The van der Waals surface area contributed by atoms with E-state index in [1.165, 1.54) is 12.1 Å². The van der Waals surface area contributed by atoms with Crippen LogP contribution in [0.3, 0.4) is 0 Å². The molecule has 0 unspecified atom stereocenters. The minimum absolute atomic E-state index is 0.414. The fraction of sp³-hybridized carbons (Fsp3) is 0.176. The topological polar surface area (TPSA) is 53.8 Å². The van der Waals surface area contributed by atoms with Crippen molar-refractivity contribution in [3.63, 3.8) is 0 Å². The average Bonchev–Trinajstić information content (AvgIpc) is 2.89. The summed E-state index contributed by atoms with van der Waals surface area (Å²) < 4.78 is 37.8. The molecule has 0 amide bonds. The van der Waals surface area contributed by atoms with Crippen LogP contribution < -0.4 is 11.1 Å². The van der Waals surface area contributed by atoms with E-state index in [0.29, 0.717) is 12.2 Å². The van der Waals surface area contributed by atoms with E-state index in [0.717, 1.165) is 40.0 Å². The Kier molecular flexibility index (Phi) is 3.77. The molecule has 0 bridgehead atoms. The fourth-order valence-corrected chi connectivity index (χ4v) is 2.59. The van der Waals surface area contributed by atoms with Gasteiger partial charge in [-0.3, -0.25) is 0 Å². The number of H-pyrrole nitrogens is 1. The molecule has 120 valence electrons. The molecular weight excluding hydrogens is 303 g/mol. The molecule has 0 atom stereocenters. The van der Waals surface area contributed by atoms with Gasteiger partial charge in [-0.2, -0.15) is 13.2 Å². The maximum absolute atomic E-state index is 12.6. The summed E-state index contributed by atoms with van der Waals surface area (Å²) >= 11 is 0. The summed E-state index contributed by atoms with van der Waals surface area (Å²) in [5.74, 6) is 0. The highest BCUT2D eigenvalue weighted by Gasteiger charge is 2.29. The molecule has 6 heteroatoms. The van der Waals surface area contributed by atoms with Gasteiger partial charge in [0.1, 0.15) is 0 Å².